The van der Waals surface area contributed by atoms with Crippen molar-refractivity contribution in [1.82, 2.24) is 5.32 Å². The van der Waals surface area contributed by atoms with Crippen molar-refractivity contribution in [2.75, 3.05) is 0 Å². The lowest BCUT2D eigenvalue weighted by atomic mass is 9.87. The highest BCUT2D eigenvalue weighted by atomic mass is 19.1. The fourth-order valence-electron chi connectivity index (χ4n) is 2.58. The van der Waals surface area contributed by atoms with E-state index in [0.29, 0.717) is 18.0 Å². The maximum absolute atomic E-state index is 13.4. The molecule has 0 aromatic heterocycles. The van der Waals surface area contributed by atoms with Gasteiger partial charge in [0.25, 0.3) is 0 Å². The zero-order valence-electron chi connectivity index (χ0n) is 10.1. The second-order valence-electron chi connectivity index (χ2n) is 5.41. The molecule has 2 rings (SSSR count). The van der Waals surface area contributed by atoms with Crippen LogP contribution < -0.4 is 5.32 Å². The first-order valence-electron chi connectivity index (χ1n) is 6.06. The normalized spacial score (nSPS) is 23.6. The standard InChI is InChI=1S/C14H20FN/c1-14(2)9-5-8-13(14)16-10-11-6-3-4-7-12(11)15/h3-4,6-7,13,16H,5,8-10H2,1-2H3. The third-order valence-electron chi connectivity index (χ3n) is 3.75. The Balaban J connectivity index is 1.95. The molecule has 1 aliphatic carbocycles. The molecule has 1 fully saturated rings. The predicted octanol–water partition coefficient (Wildman–Crippen LogP) is 3.49. The summed E-state index contributed by atoms with van der Waals surface area (Å²) in [4.78, 5) is 0. The Hall–Kier alpha value is -0.890. The summed E-state index contributed by atoms with van der Waals surface area (Å²) in [6.45, 7) is 5.22. The summed E-state index contributed by atoms with van der Waals surface area (Å²) < 4.78 is 13.4. The molecule has 2 heteroatoms. The Bertz CT molecular complexity index is 360. The number of benzene rings is 1. The van der Waals surface area contributed by atoms with Crippen LogP contribution in [0, 0.1) is 11.2 Å². The number of halogens is 1. The summed E-state index contributed by atoms with van der Waals surface area (Å²) in [6, 6.07) is 7.52. The minimum Gasteiger partial charge on any atom is -0.309 e. The molecule has 1 aromatic rings. The molecule has 0 bridgehead atoms. The number of hydrogen-bond acceptors (Lipinski definition) is 1. The number of rotatable bonds is 3. The maximum Gasteiger partial charge on any atom is 0.127 e. The average molecular weight is 221 g/mol. The molecule has 0 aliphatic heterocycles. The molecule has 1 N–H and O–H groups in total. The van der Waals surface area contributed by atoms with Crippen LogP contribution in [0.3, 0.4) is 0 Å². The van der Waals surface area contributed by atoms with Gasteiger partial charge in [-0.05, 0) is 24.3 Å². The van der Waals surface area contributed by atoms with E-state index in [1.54, 1.807) is 6.07 Å². The molecule has 0 saturated heterocycles. The van der Waals surface area contributed by atoms with Gasteiger partial charge in [-0.3, -0.25) is 0 Å². The predicted molar refractivity (Wildman–Crippen MR) is 64.7 cm³/mol. The zero-order chi connectivity index (χ0) is 11.6. The molecule has 1 aromatic carbocycles. The first-order valence-corrected chi connectivity index (χ1v) is 6.06. The molecule has 1 aliphatic rings. The van der Waals surface area contributed by atoms with Crippen LogP contribution in [0.4, 0.5) is 4.39 Å². The van der Waals surface area contributed by atoms with Gasteiger partial charge >= 0.3 is 0 Å². The first kappa shape index (κ1) is 11.6. The zero-order valence-corrected chi connectivity index (χ0v) is 10.1. The summed E-state index contributed by atoms with van der Waals surface area (Å²) in [5, 5.41) is 3.49. The Kier molecular flexibility index (Phi) is 3.29. The van der Waals surface area contributed by atoms with Gasteiger partial charge < -0.3 is 5.32 Å². The van der Waals surface area contributed by atoms with E-state index in [9.17, 15) is 4.39 Å². The van der Waals surface area contributed by atoms with Crippen LogP contribution in [0.25, 0.3) is 0 Å². The van der Waals surface area contributed by atoms with Crippen molar-refractivity contribution in [3.05, 3.63) is 35.6 Å². The van der Waals surface area contributed by atoms with Crippen LogP contribution in [-0.2, 0) is 6.54 Å². The van der Waals surface area contributed by atoms with Crippen LogP contribution in [0.5, 0.6) is 0 Å². The van der Waals surface area contributed by atoms with Gasteiger partial charge in [-0.15, -0.1) is 0 Å². The maximum atomic E-state index is 13.4. The average Bonchev–Trinajstić information content (AvgIpc) is 2.57. The molecule has 1 unspecified atom stereocenters. The monoisotopic (exact) mass is 221 g/mol. The van der Waals surface area contributed by atoms with E-state index >= 15 is 0 Å². The Labute approximate surface area is 97.1 Å². The third-order valence-corrected chi connectivity index (χ3v) is 3.75. The van der Waals surface area contributed by atoms with E-state index in [-0.39, 0.29) is 5.82 Å². The van der Waals surface area contributed by atoms with Crippen molar-refractivity contribution in [2.24, 2.45) is 5.41 Å². The molecule has 1 atom stereocenters. The van der Waals surface area contributed by atoms with E-state index in [1.165, 1.54) is 25.3 Å². The lowest BCUT2D eigenvalue weighted by molar-refractivity contribution is 0.281. The molecule has 88 valence electrons. The van der Waals surface area contributed by atoms with Gasteiger partial charge in [0.1, 0.15) is 5.82 Å². The van der Waals surface area contributed by atoms with E-state index in [0.717, 1.165) is 5.56 Å². The minimum atomic E-state index is -0.106. The van der Waals surface area contributed by atoms with Crippen molar-refractivity contribution >= 4 is 0 Å². The Morgan fingerprint density at radius 2 is 2.12 bits per heavy atom. The minimum absolute atomic E-state index is 0.106. The van der Waals surface area contributed by atoms with E-state index in [1.807, 2.05) is 12.1 Å². The van der Waals surface area contributed by atoms with Crippen molar-refractivity contribution in [2.45, 2.75) is 45.7 Å². The van der Waals surface area contributed by atoms with Crippen LogP contribution in [0.1, 0.15) is 38.7 Å². The fourth-order valence-corrected chi connectivity index (χ4v) is 2.58. The van der Waals surface area contributed by atoms with E-state index in [4.69, 9.17) is 0 Å². The first-order chi connectivity index (χ1) is 7.59. The third kappa shape index (κ3) is 2.43. The number of nitrogens with one attached hydrogen (secondary N) is 1. The lowest BCUT2D eigenvalue weighted by Gasteiger charge is -2.28. The summed E-state index contributed by atoms with van der Waals surface area (Å²) in [7, 11) is 0. The van der Waals surface area contributed by atoms with Crippen molar-refractivity contribution in [3.63, 3.8) is 0 Å². The van der Waals surface area contributed by atoms with Gasteiger partial charge in [0, 0.05) is 18.2 Å². The van der Waals surface area contributed by atoms with Crippen LogP contribution in [0.2, 0.25) is 0 Å². The van der Waals surface area contributed by atoms with Crippen LogP contribution in [-0.4, -0.2) is 6.04 Å². The van der Waals surface area contributed by atoms with Gasteiger partial charge in [0.2, 0.25) is 0 Å². The summed E-state index contributed by atoms with van der Waals surface area (Å²) >= 11 is 0. The van der Waals surface area contributed by atoms with Crippen molar-refractivity contribution in [1.29, 1.82) is 0 Å². The van der Waals surface area contributed by atoms with E-state index in [2.05, 4.69) is 19.2 Å². The topological polar surface area (TPSA) is 12.0 Å². The Morgan fingerprint density at radius 1 is 1.38 bits per heavy atom. The number of hydrogen-bond donors (Lipinski definition) is 1. The van der Waals surface area contributed by atoms with E-state index < -0.39 is 0 Å². The molecule has 1 saturated carbocycles. The molecule has 0 spiro atoms. The highest BCUT2D eigenvalue weighted by Gasteiger charge is 2.33. The van der Waals surface area contributed by atoms with Gasteiger partial charge in [-0.2, -0.15) is 0 Å². The summed E-state index contributed by atoms with van der Waals surface area (Å²) in [5.41, 5.74) is 1.12. The van der Waals surface area contributed by atoms with Crippen molar-refractivity contribution in [3.8, 4) is 0 Å². The van der Waals surface area contributed by atoms with Gasteiger partial charge in [-0.1, -0.05) is 38.5 Å². The second-order valence-corrected chi connectivity index (χ2v) is 5.41. The smallest absolute Gasteiger partial charge is 0.127 e. The van der Waals surface area contributed by atoms with Gasteiger partial charge in [0.15, 0.2) is 0 Å². The van der Waals surface area contributed by atoms with Gasteiger partial charge in [-0.25, -0.2) is 4.39 Å². The van der Waals surface area contributed by atoms with Crippen molar-refractivity contribution < 1.29 is 4.39 Å². The lowest BCUT2D eigenvalue weighted by Crippen LogP contribution is -2.37. The highest BCUT2D eigenvalue weighted by Crippen LogP contribution is 2.37. The SMILES string of the molecule is CC1(C)CCCC1NCc1ccccc1F. The molecule has 0 heterocycles. The van der Waals surface area contributed by atoms with Crippen LogP contribution in [0.15, 0.2) is 24.3 Å². The molecule has 16 heavy (non-hydrogen) atoms. The molecular weight excluding hydrogens is 201 g/mol. The quantitative estimate of drug-likeness (QED) is 0.823. The molecular formula is C14H20FN. The Morgan fingerprint density at radius 3 is 2.75 bits per heavy atom. The molecule has 0 radical (unpaired) electrons. The fraction of sp³-hybridized carbons (Fsp3) is 0.571. The molecule has 0 amide bonds. The van der Waals surface area contributed by atoms with Crippen LogP contribution >= 0.6 is 0 Å². The summed E-state index contributed by atoms with van der Waals surface area (Å²) in [6.07, 6.45) is 3.76. The summed E-state index contributed by atoms with van der Waals surface area (Å²) in [5.74, 6) is -0.106. The second kappa shape index (κ2) is 4.54. The van der Waals surface area contributed by atoms with Gasteiger partial charge in [0.05, 0.1) is 0 Å². The largest absolute Gasteiger partial charge is 0.309 e. The highest BCUT2D eigenvalue weighted by molar-refractivity contribution is 5.17. The molecule has 1 nitrogen and oxygen atoms in total.